The van der Waals surface area contributed by atoms with Crippen LogP contribution in [0.25, 0.3) is 0 Å². The Morgan fingerprint density at radius 3 is 2.84 bits per heavy atom. The fourth-order valence-corrected chi connectivity index (χ4v) is 2.16. The summed E-state index contributed by atoms with van der Waals surface area (Å²) >= 11 is 0. The van der Waals surface area contributed by atoms with Crippen molar-refractivity contribution in [1.29, 1.82) is 0 Å². The summed E-state index contributed by atoms with van der Waals surface area (Å²) in [4.78, 5) is 22.1. The molecule has 1 aliphatic heterocycles. The van der Waals surface area contributed by atoms with Gasteiger partial charge in [0, 0.05) is 11.6 Å². The molecule has 0 aliphatic carbocycles. The number of hydrogen-bond acceptors (Lipinski definition) is 7. The van der Waals surface area contributed by atoms with Crippen LogP contribution in [0.15, 0.2) is 47.6 Å². The number of hydrogen-bond donors (Lipinski definition) is 2. The molecular formula is C16H13N3O6. The molecule has 0 unspecified atom stereocenters. The number of nitrogens with one attached hydrogen (secondary N) is 1. The molecule has 0 fully saturated rings. The van der Waals surface area contributed by atoms with E-state index in [1.165, 1.54) is 18.3 Å². The average molecular weight is 343 g/mol. The summed E-state index contributed by atoms with van der Waals surface area (Å²) in [5.41, 5.74) is 2.18. The molecule has 0 radical (unpaired) electrons. The summed E-state index contributed by atoms with van der Waals surface area (Å²) in [6, 6.07) is 10.7. The summed E-state index contributed by atoms with van der Waals surface area (Å²) < 4.78 is 11.0. The highest BCUT2D eigenvalue weighted by Crippen LogP contribution is 2.30. The van der Waals surface area contributed by atoms with Crippen LogP contribution in [-0.2, 0) is 4.79 Å². The first-order valence-electron chi connectivity index (χ1n) is 7.23. The van der Waals surface area contributed by atoms with Crippen LogP contribution < -0.4 is 14.9 Å². The van der Waals surface area contributed by atoms with Gasteiger partial charge in [-0.1, -0.05) is 12.1 Å². The fraction of sp³-hybridized carbons (Fsp3) is 0.125. The van der Waals surface area contributed by atoms with Crippen molar-refractivity contribution in [1.82, 2.24) is 5.43 Å². The van der Waals surface area contributed by atoms with Gasteiger partial charge >= 0.3 is 5.69 Å². The maximum Gasteiger partial charge on any atom is 0.311 e. The van der Waals surface area contributed by atoms with Crippen LogP contribution in [0.4, 0.5) is 5.69 Å². The SMILES string of the molecule is O=C(N/N=C/c1ccc(O)c([N+](=O)[O-])c1)[C@H]1COc2ccccc2O1. The van der Waals surface area contributed by atoms with E-state index < -0.39 is 28.4 Å². The van der Waals surface area contributed by atoms with Gasteiger partial charge in [0.25, 0.3) is 5.91 Å². The molecule has 0 bridgehead atoms. The van der Waals surface area contributed by atoms with Gasteiger partial charge in [-0.05, 0) is 24.3 Å². The van der Waals surface area contributed by atoms with E-state index in [2.05, 4.69) is 10.5 Å². The van der Waals surface area contributed by atoms with Gasteiger partial charge in [-0.15, -0.1) is 0 Å². The molecule has 3 rings (SSSR count). The zero-order valence-corrected chi connectivity index (χ0v) is 12.8. The number of ether oxygens (including phenoxy) is 2. The van der Waals surface area contributed by atoms with Gasteiger partial charge in [-0.3, -0.25) is 14.9 Å². The maximum absolute atomic E-state index is 12.0. The quantitative estimate of drug-likeness (QED) is 0.494. The topological polar surface area (TPSA) is 123 Å². The van der Waals surface area contributed by atoms with Crippen molar-refractivity contribution in [3.8, 4) is 17.2 Å². The van der Waals surface area contributed by atoms with Gasteiger partial charge in [0.1, 0.15) is 6.61 Å². The minimum Gasteiger partial charge on any atom is -0.502 e. The van der Waals surface area contributed by atoms with Gasteiger partial charge < -0.3 is 14.6 Å². The lowest BCUT2D eigenvalue weighted by atomic mass is 10.2. The standard InChI is InChI=1S/C16H13N3O6/c20-12-6-5-10(7-11(12)19(22)23)8-17-18-16(21)15-9-24-13-3-1-2-4-14(13)25-15/h1-8,15,20H,9H2,(H,18,21)/b17-8+/t15-/m1/s1. The van der Waals surface area contributed by atoms with Crippen LogP contribution in [0.2, 0.25) is 0 Å². The normalized spacial score (nSPS) is 15.8. The van der Waals surface area contributed by atoms with Gasteiger partial charge in [0.05, 0.1) is 11.1 Å². The number of phenols is 1. The van der Waals surface area contributed by atoms with Crippen LogP contribution in [0.3, 0.4) is 0 Å². The second-order valence-electron chi connectivity index (χ2n) is 5.10. The molecule has 1 aliphatic rings. The van der Waals surface area contributed by atoms with Crippen molar-refractivity contribution in [2.75, 3.05) is 6.61 Å². The predicted octanol–water partition coefficient (Wildman–Crippen LogP) is 1.59. The summed E-state index contributed by atoms with van der Waals surface area (Å²) in [6.07, 6.45) is 0.364. The molecule has 0 aromatic heterocycles. The Labute approximate surface area is 141 Å². The van der Waals surface area contributed by atoms with Crippen LogP contribution in [-0.4, -0.2) is 34.9 Å². The summed E-state index contributed by atoms with van der Waals surface area (Å²) in [5, 5.41) is 23.9. The van der Waals surface area contributed by atoms with Crippen LogP contribution in [0.5, 0.6) is 17.2 Å². The molecule has 25 heavy (non-hydrogen) atoms. The number of amides is 1. The zero-order chi connectivity index (χ0) is 17.8. The number of aromatic hydroxyl groups is 1. The third-order valence-electron chi connectivity index (χ3n) is 3.39. The highest BCUT2D eigenvalue weighted by molar-refractivity contribution is 5.85. The lowest BCUT2D eigenvalue weighted by molar-refractivity contribution is -0.385. The molecule has 9 heteroatoms. The van der Waals surface area contributed by atoms with E-state index in [1.807, 2.05) is 0 Å². The monoisotopic (exact) mass is 343 g/mol. The van der Waals surface area contributed by atoms with E-state index in [1.54, 1.807) is 24.3 Å². The number of nitro benzene ring substituents is 1. The third-order valence-corrected chi connectivity index (χ3v) is 3.39. The third kappa shape index (κ3) is 3.66. The average Bonchev–Trinajstić information content (AvgIpc) is 2.62. The lowest BCUT2D eigenvalue weighted by Crippen LogP contribution is -2.42. The van der Waals surface area contributed by atoms with E-state index in [9.17, 15) is 20.0 Å². The second kappa shape index (κ2) is 6.87. The Morgan fingerprint density at radius 2 is 2.08 bits per heavy atom. The fourth-order valence-electron chi connectivity index (χ4n) is 2.16. The van der Waals surface area contributed by atoms with Crippen molar-refractivity contribution in [2.45, 2.75) is 6.10 Å². The molecule has 0 saturated carbocycles. The smallest absolute Gasteiger partial charge is 0.311 e. The number of rotatable bonds is 4. The molecule has 0 saturated heterocycles. The summed E-state index contributed by atoms with van der Waals surface area (Å²) in [7, 11) is 0. The number of benzene rings is 2. The molecule has 128 valence electrons. The Bertz CT molecular complexity index is 852. The molecule has 9 nitrogen and oxygen atoms in total. The van der Waals surface area contributed by atoms with Gasteiger partial charge in [-0.25, -0.2) is 5.43 Å². The molecule has 1 atom stereocenters. The van der Waals surface area contributed by atoms with Gasteiger partial charge in [-0.2, -0.15) is 5.10 Å². The van der Waals surface area contributed by atoms with Crippen LogP contribution >= 0.6 is 0 Å². The van der Waals surface area contributed by atoms with Crippen molar-refractivity contribution < 1.29 is 24.3 Å². The first kappa shape index (κ1) is 16.2. The number of carbonyl (C=O) groups excluding carboxylic acids is 1. The molecule has 1 heterocycles. The predicted molar refractivity (Wildman–Crippen MR) is 86.9 cm³/mol. The Kier molecular flexibility index (Phi) is 4.46. The van der Waals surface area contributed by atoms with Gasteiger partial charge in [0.2, 0.25) is 6.10 Å². The number of nitro groups is 1. The number of hydrazone groups is 1. The lowest BCUT2D eigenvalue weighted by Gasteiger charge is -2.24. The number of carbonyl (C=O) groups is 1. The molecule has 1 amide bonds. The zero-order valence-electron chi connectivity index (χ0n) is 12.8. The molecule has 2 aromatic rings. The molecule has 2 aromatic carbocycles. The highest BCUT2D eigenvalue weighted by atomic mass is 16.6. The minimum atomic E-state index is -0.860. The van der Waals surface area contributed by atoms with E-state index in [0.717, 1.165) is 6.07 Å². The Balaban J connectivity index is 1.62. The Hall–Kier alpha value is -3.62. The minimum absolute atomic E-state index is 0.0447. The first-order chi connectivity index (χ1) is 12.0. The van der Waals surface area contributed by atoms with E-state index in [-0.39, 0.29) is 6.61 Å². The van der Waals surface area contributed by atoms with Crippen LogP contribution in [0, 0.1) is 10.1 Å². The first-order valence-corrected chi connectivity index (χ1v) is 7.23. The van der Waals surface area contributed by atoms with E-state index in [0.29, 0.717) is 17.1 Å². The van der Waals surface area contributed by atoms with E-state index >= 15 is 0 Å². The second-order valence-corrected chi connectivity index (χ2v) is 5.10. The van der Waals surface area contributed by atoms with Gasteiger partial charge in [0.15, 0.2) is 17.2 Å². The van der Waals surface area contributed by atoms with E-state index in [4.69, 9.17) is 9.47 Å². The summed E-state index contributed by atoms with van der Waals surface area (Å²) in [6.45, 7) is 0.0447. The summed E-state index contributed by atoms with van der Waals surface area (Å²) in [5.74, 6) is 0.0649. The van der Waals surface area contributed by atoms with Crippen molar-refractivity contribution in [3.05, 3.63) is 58.1 Å². The Morgan fingerprint density at radius 1 is 1.32 bits per heavy atom. The highest BCUT2D eigenvalue weighted by Gasteiger charge is 2.27. The molecule has 0 spiro atoms. The molecular weight excluding hydrogens is 330 g/mol. The number of phenolic OH excluding ortho intramolecular Hbond substituents is 1. The number of nitrogens with zero attached hydrogens (tertiary/aromatic N) is 2. The number of fused-ring (bicyclic) bond motifs is 1. The maximum atomic E-state index is 12.0. The van der Waals surface area contributed by atoms with Crippen molar-refractivity contribution in [3.63, 3.8) is 0 Å². The number of para-hydroxylation sites is 2. The van der Waals surface area contributed by atoms with Crippen molar-refractivity contribution >= 4 is 17.8 Å². The van der Waals surface area contributed by atoms with Crippen LogP contribution in [0.1, 0.15) is 5.56 Å². The largest absolute Gasteiger partial charge is 0.502 e. The van der Waals surface area contributed by atoms with Crippen molar-refractivity contribution in [2.24, 2.45) is 5.10 Å². The molecule has 2 N–H and O–H groups in total.